The van der Waals surface area contributed by atoms with Crippen LogP contribution < -0.4 is 0 Å². The van der Waals surface area contributed by atoms with Crippen molar-refractivity contribution >= 4 is 77.2 Å². The van der Waals surface area contributed by atoms with Gasteiger partial charge >= 0.3 is 0 Å². The van der Waals surface area contributed by atoms with Gasteiger partial charge < -0.3 is 4.42 Å². The van der Waals surface area contributed by atoms with E-state index in [-0.39, 0.29) is 0 Å². The molecule has 3 heterocycles. The van der Waals surface area contributed by atoms with Crippen LogP contribution in [0.2, 0.25) is 5.02 Å². The van der Waals surface area contributed by atoms with Crippen molar-refractivity contribution in [1.82, 2.24) is 14.5 Å². The molecule has 0 aliphatic carbocycles. The first-order chi connectivity index (χ1) is 20.2. The van der Waals surface area contributed by atoms with E-state index in [1.807, 2.05) is 54.6 Å². The van der Waals surface area contributed by atoms with E-state index in [1.54, 1.807) is 0 Å². The van der Waals surface area contributed by atoms with Gasteiger partial charge in [0.2, 0.25) is 0 Å². The van der Waals surface area contributed by atoms with E-state index in [4.69, 9.17) is 26.0 Å². The van der Waals surface area contributed by atoms with Crippen LogP contribution in [0.3, 0.4) is 0 Å². The van der Waals surface area contributed by atoms with Crippen LogP contribution in [-0.4, -0.2) is 14.5 Å². The molecule has 4 nitrogen and oxygen atoms in total. The van der Waals surface area contributed by atoms with Gasteiger partial charge in [0, 0.05) is 32.1 Å². The maximum absolute atomic E-state index is 6.62. The molecule has 5 heteroatoms. The summed E-state index contributed by atoms with van der Waals surface area (Å²) in [5.41, 5.74) is 6.95. The molecule has 0 spiro atoms. The molecule has 9 aromatic rings. The van der Waals surface area contributed by atoms with E-state index in [1.165, 1.54) is 5.39 Å². The lowest BCUT2D eigenvalue weighted by atomic mass is 10.1. The summed E-state index contributed by atoms with van der Waals surface area (Å²) in [7, 11) is 0. The molecular formula is C36H20ClN3O. The highest BCUT2D eigenvalue weighted by Gasteiger charge is 2.22. The number of rotatable bonds is 2. The van der Waals surface area contributed by atoms with Crippen LogP contribution >= 0.6 is 11.6 Å². The van der Waals surface area contributed by atoms with Crippen molar-refractivity contribution in [2.24, 2.45) is 0 Å². The highest BCUT2D eigenvalue weighted by atomic mass is 35.5. The summed E-state index contributed by atoms with van der Waals surface area (Å²) in [4.78, 5) is 10.5. The molecule has 3 aromatic heterocycles. The molecule has 0 saturated heterocycles. The van der Waals surface area contributed by atoms with Gasteiger partial charge in [0.15, 0.2) is 5.82 Å². The number of furan rings is 1. The van der Waals surface area contributed by atoms with E-state index in [0.717, 1.165) is 77.2 Å². The van der Waals surface area contributed by atoms with Crippen molar-refractivity contribution in [2.45, 2.75) is 0 Å². The predicted molar refractivity (Wildman–Crippen MR) is 169 cm³/mol. The number of nitrogens with zero attached hydrogens (tertiary/aromatic N) is 3. The van der Waals surface area contributed by atoms with Crippen molar-refractivity contribution < 1.29 is 4.42 Å². The fourth-order valence-corrected chi connectivity index (χ4v) is 6.33. The fraction of sp³-hybridized carbons (Fsp3) is 0. The molecule has 41 heavy (non-hydrogen) atoms. The first-order valence-electron chi connectivity index (χ1n) is 13.5. The van der Waals surface area contributed by atoms with E-state index in [9.17, 15) is 0 Å². The third-order valence-corrected chi connectivity index (χ3v) is 8.25. The number of halogens is 1. The summed E-state index contributed by atoms with van der Waals surface area (Å²) in [6, 6.07) is 41.4. The molecule has 0 bridgehead atoms. The van der Waals surface area contributed by atoms with E-state index >= 15 is 0 Å². The van der Waals surface area contributed by atoms with E-state index in [0.29, 0.717) is 5.02 Å². The lowest BCUT2D eigenvalue weighted by Crippen LogP contribution is -2.04. The second kappa shape index (κ2) is 8.40. The smallest absolute Gasteiger partial charge is 0.165 e. The van der Waals surface area contributed by atoms with Crippen LogP contribution in [0.25, 0.3) is 82.6 Å². The second-order valence-corrected chi connectivity index (χ2v) is 10.8. The van der Waals surface area contributed by atoms with Crippen molar-refractivity contribution in [3.8, 4) is 17.1 Å². The minimum atomic E-state index is 0.667. The highest BCUT2D eigenvalue weighted by Crippen LogP contribution is 2.41. The Morgan fingerprint density at radius 2 is 1.27 bits per heavy atom. The van der Waals surface area contributed by atoms with Crippen molar-refractivity contribution in [1.29, 1.82) is 0 Å². The van der Waals surface area contributed by atoms with Gasteiger partial charge in [0.05, 0.1) is 22.1 Å². The summed E-state index contributed by atoms with van der Waals surface area (Å²) < 4.78 is 8.68. The van der Waals surface area contributed by atoms with Gasteiger partial charge in [-0.2, -0.15) is 0 Å². The molecule has 9 rings (SSSR count). The Bertz CT molecular complexity index is 2510. The summed E-state index contributed by atoms with van der Waals surface area (Å²) in [6.45, 7) is 0. The monoisotopic (exact) mass is 545 g/mol. The third kappa shape index (κ3) is 3.28. The molecule has 0 aliphatic heterocycles. The molecule has 0 amide bonds. The molecule has 0 radical (unpaired) electrons. The Labute approximate surface area is 239 Å². The number of aromatic nitrogens is 3. The molecule has 6 aromatic carbocycles. The van der Waals surface area contributed by atoms with Gasteiger partial charge in [-0.05, 0) is 59.3 Å². The Hall–Kier alpha value is -5.19. The summed E-state index contributed by atoms with van der Waals surface area (Å²) in [5, 5.41) is 7.39. The van der Waals surface area contributed by atoms with Crippen molar-refractivity contribution in [3.05, 3.63) is 126 Å². The van der Waals surface area contributed by atoms with Gasteiger partial charge in [-0.25, -0.2) is 9.97 Å². The number of benzene rings is 6. The summed E-state index contributed by atoms with van der Waals surface area (Å²) >= 11 is 6.62. The van der Waals surface area contributed by atoms with Crippen LogP contribution in [-0.2, 0) is 0 Å². The third-order valence-electron chi connectivity index (χ3n) is 8.02. The molecular weight excluding hydrogens is 526 g/mol. The van der Waals surface area contributed by atoms with E-state index in [2.05, 4.69) is 71.3 Å². The first-order valence-corrected chi connectivity index (χ1v) is 13.9. The van der Waals surface area contributed by atoms with Gasteiger partial charge in [-0.1, -0.05) is 84.4 Å². The first kappa shape index (κ1) is 22.6. The number of hydrogen-bond acceptors (Lipinski definition) is 3. The maximum atomic E-state index is 6.62. The Balaban J connectivity index is 1.47. The Morgan fingerprint density at radius 3 is 2.15 bits per heavy atom. The SMILES string of the molecule is Clc1ccc2c3cc4ccccc4cc3n(-c3nc4ccccc4nc3-c3cccc4c3oc3ccccc34)c2c1. The highest BCUT2D eigenvalue weighted by molar-refractivity contribution is 6.31. The van der Waals surface area contributed by atoms with Gasteiger partial charge in [0.1, 0.15) is 16.9 Å². The topological polar surface area (TPSA) is 43.9 Å². The minimum absolute atomic E-state index is 0.667. The van der Waals surface area contributed by atoms with Crippen LogP contribution in [0.5, 0.6) is 0 Å². The van der Waals surface area contributed by atoms with Crippen molar-refractivity contribution in [2.75, 3.05) is 0 Å². The number of hydrogen-bond donors (Lipinski definition) is 0. The lowest BCUT2D eigenvalue weighted by Gasteiger charge is -2.14. The lowest BCUT2D eigenvalue weighted by molar-refractivity contribution is 0.669. The normalized spacial score (nSPS) is 12.0. The van der Waals surface area contributed by atoms with Gasteiger partial charge in [-0.15, -0.1) is 0 Å². The predicted octanol–water partition coefficient (Wildman–Crippen LogP) is 10.1. The quantitative estimate of drug-likeness (QED) is 0.217. The molecule has 0 fully saturated rings. The number of para-hydroxylation sites is 4. The average Bonchev–Trinajstić information content (AvgIpc) is 3.54. The molecule has 0 N–H and O–H groups in total. The van der Waals surface area contributed by atoms with Crippen LogP contribution in [0.15, 0.2) is 126 Å². The van der Waals surface area contributed by atoms with Crippen molar-refractivity contribution in [3.63, 3.8) is 0 Å². The summed E-state index contributed by atoms with van der Waals surface area (Å²) in [5.74, 6) is 0.731. The molecule has 0 saturated carbocycles. The molecule has 0 atom stereocenters. The fourth-order valence-electron chi connectivity index (χ4n) is 6.17. The Morgan fingerprint density at radius 1 is 0.561 bits per heavy atom. The van der Waals surface area contributed by atoms with Crippen LogP contribution in [0.4, 0.5) is 0 Å². The van der Waals surface area contributed by atoms with Gasteiger partial charge in [-0.3, -0.25) is 4.57 Å². The zero-order chi connectivity index (χ0) is 27.1. The molecule has 0 aliphatic rings. The molecule has 192 valence electrons. The Kier molecular flexibility index (Phi) is 4.63. The summed E-state index contributed by atoms with van der Waals surface area (Å²) in [6.07, 6.45) is 0. The minimum Gasteiger partial charge on any atom is -0.455 e. The average molecular weight is 546 g/mol. The zero-order valence-corrected chi connectivity index (χ0v) is 22.4. The van der Waals surface area contributed by atoms with Gasteiger partial charge in [0.25, 0.3) is 0 Å². The van der Waals surface area contributed by atoms with Crippen LogP contribution in [0.1, 0.15) is 0 Å². The van der Waals surface area contributed by atoms with E-state index < -0.39 is 0 Å². The number of fused-ring (bicyclic) bond motifs is 8. The van der Waals surface area contributed by atoms with Crippen LogP contribution in [0, 0.1) is 0 Å². The second-order valence-electron chi connectivity index (χ2n) is 10.4. The molecule has 0 unspecified atom stereocenters. The zero-order valence-electron chi connectivity index (χ0n) is 21.7. The largest absolute Gasteiger partial charge is 0.455 e. The maximum Gasteiger partial charge on any atom is 0.165 e. The standard InChI is InChI=1S/C36H20ClN3O/c37-23-16-17-24-28-18-21-8-1-2-9-22(21)19-31(28)40(32(24)20-23)36-34(38-29-13-4-5-14-30(29)39-36)27-12-7-11-26-25-10-3-6-15-33(25)41-35(26)27/h1-20H.